The first kappa shape index (κ1) is 15.4. The van der Waals surface area contributed by atoms with Gasteiger partial charge in [0.1, 0.15) is 0 Å². The van der Waals surface area contributed by atoms with E-state index in [-0.39, 0.29) is 11.7 Å². The van der Waals surface area contributed by atoms with Crippen LogP contribution >= 0.6 is 0 Å². The zero-order chi connectivity index (χ0) is 12.6. The van der Waals surface area contributed by atoms with Gasteiger partial charge in [0.25, 0.3) is 0 Å². The van der Waals surface area contributed by atoms with Crippen LogP contribution in [-0.4, -0.2) is 44.6 Å². The molecule has 6 heteroatoms. The number of nitrogens with one attached hydrogen (secondary N) is 1. The summed E-state index contributed by atoms with van der Waals surface area (Å²) in [5, 5.41) is 0. The highest BCUT2D eigenvalue weighted by atomic mass is 32.2. The van der Waals surface area contributed by atoms with Crippen LogP contribution in [0, 0.1) is 0 Å². The summed E-state index contributed by atoms with van der Waals surface area (Å²) in [6.07, 6.45) is 1.47. The summed E-state index contributed by atoms with van der Waals surface area (Å²) in [5.41, 5.74) is 0. The molecule has 0 atom stereocenters. The molecule has 0 saturated heterocycles. The molecule has 0 bridgehead atoms. The van der Waals surface area contributed by atoms with Gasteiger partial charge in [-0.05, 0) is 12.8 Å². The maximum absolute atomic E-state index is 11.3. The third-order valence-electron chi connectivity index (χ3n) is 2.12. The van der Waals surface area contributed by atoms with Crippen molar-refractivity contribution in [2.45, 2.75) is 33.6 Å². The lowest BCUT2D eigenvalue weighted by Gasteiger charge is -2.20. The molecule has 0 rings (SSSR count). The summed E-state index contributed by atoms with van der Waals surface area (Å²) in [4.78, 5) is 12.8. The number of hydrogen-bond donors (Lipinski definition) is 1. The Balaban J connectivity index is 3.99. The van der Waals surface area contributed by atoms with Gasteiger partial charge in [-0.15, -0.1) is 0 Å². The Kier molecular flexibility index (Phi) is 7.33. The zero-order valence-corrected chi connectivity index (χ0v) is 11.1. The van der Waals surface area contributed by atoms with Crippen molar-refractivity contribution in [3.8, 4) is 0 Å². The number of rotatable bonds is 8. The van der Waals surface area contributed by atoms with Crippen molar-refractivity contribution < 1.29 is 13.2 Å². The molecule has 0 fully saturated rings. The maximum atomic E-state index is 11.3. The van der Waals surface area contributed by atoms with E-state index in [0.717, 1.165) is 6.42 Å². The average molecular weight is 250 g/mol. The second-order valence-electron chi connectivity index (χ2n) is 3.72. The van der Waals surface area contributed by atoms with Crippen LogP contribution in [0.15, 0.2) is 0 Å². The normalized spacial score (nSPS) is 11.4. The minimum atomic E-state index is -3.16. The highest BCUT2D eigenvalue weighted by Gasteiger charge is 2.10. The molecule has 0 aromatic rings. The van der Waals surface area contributed by atoms with E-state index in [2.05, 4.69) is 4.72 Å². The molecule has 16 heavy (non-hydrogen) atoms. The fourth-order valence-electron chi connectivity index (χ4n) is 1.37. The van der Waals surface area contributed by atoms with Crippen LogP contribution in [0.2, 0.25) is 0 Å². The van der Waals surface area contributed by atoms with Crippen LogP contribution in [0.5, 0.6) is 0 Å². The van der Waals surface area contributed by atoms with E-state index in [4.69, 9.17) is 0 Å². The SMILES string of the molecule is CCCN(CCNS(=O)(=O)CCC)C(C)=O. The Hall–Kier alpha value is -0.620. The van der Waals surface area contributed by atoms with E-state index in [1.54, 1.807) is 4.90 Å². The molecule has 0 aromatic carbocycles. The molecule has 96 valence electrons. The highest BCUT2D eigenvalue weighted by molar-refractivity contribution is 7.89. The minimum Gasteiger partial charge on any atom is -0.342 e. The van der Waals surface area contributed by atoms with Gasteiger partial charge in [0.05, 0.1) is 5.75 Å². The van der Waals surface area contributed by atoms with Crippen molar-refractivity contribution in [1.82, 2.24) is 9.62 Å². The molecule has 0 spiro atoms. The molecule has 0 aromatic heterocycles. The van der Waals surface area contributed by atoms with E-state index >= 15 is 0 Å². The van der Waals surface area contributed by atoms with Crippen LogP contribution < -0.4 is 4.72 Å². The van der Waals surface area contributed by atoms with Gasteiger partial charge < -0.3 is 4.90 Å². The monoisotopic (exact) mass is 250 g/mol. The molecule has 0 aliphatic carbocycles. The van der Waals surface area contributed by atoms with E-state index in [0.29, 0.717) is 26.1 Å². The summed E-state index contributed by atoms with van der Waals surface area (Å²) in [6, 6.07) is 0. The molecule has 0 saturated carbocycles. The lowest BCUT2D eigenvalue weighted by atomic mass is 10.4. The van der Waals surface area contributed by atoms with E-state index < -0.39 is 10.0 Å². The maximum Gasteiger partial charge on any atom is 0.219 e. The molecule has 1 N–H and O–H groups in total. The quantitative estimate of drug-likeness (QED) is 0.685. The first-order valence-electron chi connectivity index (χ1n) is 5.65. The number of carbonyl (C=O) groups is 1. The fraction of sp³-hybridized carbons (Fsp3) is 0.900. The van der Waals surface area contributed by atoms with Crippen molar-refractivity contribution in [3.63, 3.8) is 0 Å². The standard InChI is InChI=1S/C10H22N2O3S/c1-4-7-12(10(3)13)8-6-11-16(14,15)9-5-2/h11H,4-9H2,1-3H3. The van der Waals surface area contributed by atoms with Gasteiger partial charge in [-0.1, -0.05) is 13.8 Å². The van der Waals surface area contributed by atoms with Crippen molar-refractivity contribution >= 4 is 15.9 Å². The first-order valence-corrected chi connectivity index (χ1v) is 7.31. The van der Waals surface area contributed by atoms with Crippen LogP contribution in [0.1, 0.15) is 33.6 Å². The zero-order valence-electron chi connectivity index (χ0n) is 10.3. The third-order valence-corrected chi connectivity index (χ3v) is 3.71. The van der Waals surface area contributed by atoms with Crippen molar-refractivity contribution in [1.29, 1.82) is 0 Å². The van der Waals surface area contributed by atoms with Crippen LogP contribution in [0.25, 0.3) is 0 Å². The molecule has 5 nitrogen and oxygen atoms in total. The van der Waals surface area contributed by atoms with Crippen LogP contribution in [0.3, 0.4) is 0 Å². The summed E-state index contributed by atoms with van der Waals surface area (Å²) in [5.74, 6) is 0.123. The molecule has 1 amide bonds. The van der Waals surface area contributed by atoms with Gasteiger partial charge in [0, 0.05) is 26.6 Å². The smallest absolute Gasteiger partial charge is 0.219 e. The number of hydrogen-bond acceptors (Lipinski definition) is 3. The Morgan fingerprint density at radius 3 is 2.25 bits per heavy atom. The summed E-state index contributed by atoms with van der Waals surface area (Å²) in [7, 11) is -3.16. The van der Waals surface area contributed by atoms with Crippen molar-refractivity contribution in [3.05, 3.63) is 0 Å². The predicted octanol–water partition coefficient (Wildman–Crippen LogP) is 0.574. The first-order chi connectivity index (χ1) is 7.43. The Morgan fingerprint density at radius 1 is 1.19 bits per heavy atom. The number of amides is 1. The van der Waals surface area contributed by atoms with Crippen molar-refractivity contribution in [2.75, 3.05) is 25.4 Å². The van der Waals surface area contributed by atoms with Crippen molar-refractivity contribution in [2.24, 2.45) is 0 Å². The average Bonchev–Trinajstić information content (AvgIpc) is 2.15. The Bertz CT molecular complexity index is 301. The summed E-state index contributed by atoms with van der Waals surface area (Å²) < 4.78 is 25.1. The van der Waals surface area contributed by atoms with Gasteiger partial charge in [0.15, 0.2) is 0 Å². The third kappa shape index (κ3) is 6.79. The van der Waals surface area contributed by atoms with E-state index in [1.165, 1.54) is 6.92 Å². The largest absolute Gasteiger partial charge is 0.342 e. The minimum absolute atomic E-state index is 0.0171. The number of sulfonamides is 1. The summed E-state index contributed by atoms with van der Waals surface area (Å²) in [6.45, 7) is 6.70. The van der Waals surface area contributed by atoms with E-state index in [1.807, 2.05) is 13.8 Å². The van der Waals surface area contributed by atoms with Gasteiger partial charge >= 0.3 is 0 Å². The Morgan fingerprint density at radius 2 is 1.81 bits per heavy atom. The molecule has 0 radical (unpaired) electrons. The summed E-state index contributed by atoms with van der Waals surface area (Å²) >= 11 is 0. The van der Waals surface area contributed by atoms with Gasteiger partial charge in [-0.2, -0.15) is 0 Å². The molecular formula is C10H22N2O3S. The predicted molar refractivity (Wildman–Crippen MR) is 64.6 cm³/mol. The molecule has 0 heterocycles. The van der Waals surface area contributed by atoms with Crippen LogP contribution in [-0.2, 0) is 14.8 Å². The second kappa shape index (κ2) is 7.62. The van der Waals surface area contributed by atoms with Gasteiger partial charge in [-0.3, -0.25) is 4.79 Å². The van der Waals surface area contributed by atoms with Gasteiger partial charge in [0.2, 0.25) is 15.9 Å². The van der Waals surface area contributed by atoms with E-state index in [9.17, 15) is 13.2 Å². The fourth-order valence-corrected chi connectivity index (χ4v) is 2.46. The van der Waals surface area contributed by atoms with Crippen LogP contribution in [0.4, 0.5) is 0 Å². The molecule has 0 unspecified atom stereocenters. The van der Waals surface area contributed by atoms with Gasteiger partial charge in [-0.25, -0.2) is 13.1 Å². The molecule has 0 aliphatic rings. The lowest BCUT2D eigenvalue weighted by molar-refractivity contribution is -0.128. The highest BCUT2D eigenvalue weighted by Crippen LogP contribution is 1.93. The number of nitrogens with zero attached hydrogens (tertiary/aromatic N) is 1. The Labute approximate surface area is 98.3 Å². The molecule has 0 aliphatic heterocycles. The number of carbonyl (C=O) groups excluding carboxylic acids is 1. The molecular weight excluding hydrogens is 228 g/mol. The second-order valence-corrected chi connectivity index (χ2v) is 5.65. The lowest BCUT2D eigenvalue weighted by Crippen LogP contribution is -2.38. The topological polar surface area (TPSA) is 66.5 Å².